The molecule has 0 amide bonds. The molecule has 0 aliphatic heterocycles. The predicted octanol–water partition coefficient (Wildman–Crippen LogP) is 2.13. The van der Waals surface area contributed by atoms with Gasteiger partial charge in [0.1, 0.15) is 17.1 Å². The van der Waals surface area contributed by atoms with Gasteiger partial charge in [0.25, 0.3) is 5.56 Å². The monoisotopic (exact) mass is 264 g/mol. The van der Waals surface area contributed by atoms with Crippen LogP contribution >= 0.6 is 0 Å². The maximum absolute atomic E-state index is 13.7. The largest absolute Gasteiger partial charge is 0.477 e. The Bertz CT molecular complexity index is 685. The van der Waals surface area contributed by atoms with E-state index in [0.717, 1.165) is 4.68 Å². The Hall–Kier alpha value is -2.37. The van der Waals surface area contributed by atoms with Gasteiger partial charge >= 0.3 is 5.97 Å². The zero-order valence-electron chi connectivity index (χ0n) is 10.5. The van der Waals surface area contributed by atoms with E-state index >= 15 is 0 Å². The Morgan fingerprint density at radius 2 is 2.00 bits per heavy atom. The lowest BCUT2D eigenvalue weighted by Crippen LogP contribution is -2.21. The summed E-state index contributed by atoms with van der Waals surface area (Å²) in [4.78, 5) is 23.2. The van der Waals surface area contributed by atoms with Gasteiger partial charge < -0.3 is 5.11 Å². The van der Waals surface area contributed by atoms with Crippen LogP contribution in [0.3, 0.4) is 0 Å². The number of carboxylic acid groups (broad SMARTS) is 1. The fourth-order valence-corrected chi connectivity index (χ4v) is 1.88. The molecule has 0 saturated heterocycles. The summed E-state index contributed by atoms with van der Waals surface area (Å²) in [6.07, 6.45) is 0. The molecular formula is C13H13FN2O3. The number of carbonyl (C=O) groups is 1. The first kappa shape index (κ1) is 13.1. The van der Waals surface area contributed by atoms with Crippen LogP contribution in [0, 0.1) is 5.82 Å². The minimum Gasteiger partial charge on any atom is -0.477 e. The Kier molecular flexibility index (Phi) is 3.25. The molecule has 0 aliphatic carbocycles. The zero-order valence-corrected chi connectivity index (χ0v) is 10.5. The lowest BCUT2D eigenvalue weighted by atomic mass is 10.1. The number of hydrogen-bond acceptors (Lipinski definition) is 2. The zero-order chi connectivity index (χ0) is 14.2. The van der Waals surface area contributed by atoms with Crippen LogP contribution in [-0.4, -0.2) is 20.9 Å². The van der Waals surface area contributed by atoms with Gasteiger partial charge in [0.2, 0.25) is 0 Å². The molecule has 1 aromatic carbocycles. The smallest absolute Gasteiger partial charge is 0.343 e. The van der Waals surface area contributed by atoms with Gasteiger partial charge in [-0.3, -0.25) is 9.89 Å². The minimum absolute atomic E-state index is 0.00176. The summed E-state index contributed by atoms with van der Waals surface area (Å²) in [6, 6.07) is 5.68. The SMILES string of the molecule is CC(C)c1[nH]n(-c2ccccc2F)c(=O)c1C(=O)O. The van der Waals surface area contributed by atoms with Crippen LogP contribution in [0.25, 0.3) is 5.69 Å². The van der Waals surface area contributed by atoms with E-state index in [1.165, 1.54) is 18.2 Å². The maximum atomic E-state index is 13.7. The van der Waals surface area contributed by atoms with E-state index in [2.05, 4.69) is 5.10 Å². The number of para-hydroxylation sites is 1. The van der Waals surface area contributed by atoms with E-state index in [9.17, 15) is 14.0 Å². The van der Waals surface area contributed by atoms with Crippen molar-refractivity contribution in [2.75, 3.05) is 0 Å². The van der Waals surface area contributed by atoms with Crippen LogP contribution in [0.2, 0.25) is 0 Å². The highest BCUT2D eigenvalue weighted by molar-refractivity contribution is 5.88. The molecule has 0 spiro atoms. The van der Waals surface area contributed by atoms with Crippen molar-refractivity contribution in [3.05, 3.63) is 51.7 Å². The fourth-order valence-electron chi connectivity index (χ4n) is 1.88. The number of hydrogen-bond donors (Lipinski definition) is 2. The number of nitrogens with zero attached hydrogens (tertiary/aromatic N) is 1. The molecule has 2 N–H and O–H groups in total. The van der Waals surface area contributed by atoms with Gasteiger partial charge in [-0.15, -0.1) is 0 Å². The van der Waals surface area contributed by atoms with Gasteiger partial charge in [0.15, 0.2) is 0 Å². The molecule has 0 aliphatic rings. The molecule has 100 valence electrons. The van der Waals surface area contributed by atoms with Crippen molar-refractivity contribution < 1.29 is 14.3 Å². The molecule has 5 nitrogen and oxygen atoms in total. The Labute approximate surface area is 108 Å². The van der Waals surface area contributed by atoms with Crippen LogP contribution in [0.4, 0.5) is 4.39 Å². The third kappa shape index (κ3) is 2.16. The number of H-pyrrole nitrogens is 1. The van der Waals surface area contributed by atoms with E-state index in [0.29, 0.717) is 0 Å². The van der Waals surface area contributed by atoms with Gasteiger partial charge in [-0.05, 0) is 18.1 Å². The first-order valence-electron chi connectivity index (χ1n) is 5.76. The van der Waals surface area contributed by atoms with Gasteiger partial charge in [-0.2, -0.15) is 0 Å². The predicted molar refractivity (Wildman–Crippen MR) is 67.4 cm³/mol. The van der Waals surface area contributed by atoms with Crippen LogP contribution in [0.15, 0.2) is 29.1 Å². The third-order valence-corrected chi connectivity index (χ3v) is 2.80. The second-order valence-electron chi connectivity index (χ2n) is 4.45. The third-order valence-electron chi connectivity index (χ3n) is 2.80. The average molecular weight is 264 g/mol. The second kappa shape index (κ2) is 4.72. The van der Waals surface area contributed by atoms with Gasteiger partial charge in [-0.1, -0.05) is 26.0 Å². The molecule has 19 heavy (non-hydrogen) atoms. The molecule has 6 heteroatoms. The first-order valence-corrected chi connectivity index (χ1v) is 5.76. The number of nitrogens with one attached hydrogen (secondary N) is 1. The number of carboxylic acids is 1. The second-order valence-corrected chi connectivity index (χ2v) is 4.45. The molecule has 0 bridgehead atoms. The normalized spacial score (nSPS) is 10.9. The molecule has 0 unspecified atom stereocenters. The maximum Gasteiger partial charge on any atom is 0.343 e. The first-order chi connectivity index (χ1) is 8.93. The summed E-state index contributed by atoms with van der Waals surface area (Å²) in [5.74, 6) is -2.11. The van der Waals surface area contributed by atoms with E-state index in [1.54, 1.807) is 19.9 Å². The molecule has 0 radical (unpaired) electrons. The minimum atomic E-state index is -1.32. The molecule has 0 atom stereocenters. The van der Waals surface area contributed by atoms with Crippen molar-refractivity contribution in [2.45, 2.75) is 19.8 Å². The van der Waals surface area contributed by atoms with E-state index in [-0.39, 0.29) is 22.9 Å². The number of benzene rings is 1. The number of halogens is 1. The van der Waals surface area contributed by atoms with Gasteiger partial charge in [0.05, 0.1) is 5.69 Å². The highest BCUT2D eigenvalue weighted by Gasteiger charge is 2.23. The molecular weight excluding hydrogens is 251 g/mol. The van der Waals surface area contributed by atoms with Crippen LogP contribution in [0.1, 0.15) is 35.8 Å². The summed E-state index contributed by atoms with van der Waals surface area (Å²) in [5.41, 5.74) is -0.831. The lowest BCUT2D eigenvalue weighted by molar-refractivity contribution is 0.0694. The quantitative estimate of drug-likeness (QED) is 0.891. The van der Waals surface area contributed by atoms with Gasteiger partial charge in [-0.25, -0.2) is 13.9 Å². The molecule has 0 saturated carbocycles. The number of aromatic carboxylic acids is 1. The fraction of sp³-hybridized carbons (Fsp3) is 0.231. The Morgan fingerprint density at radius 1 is 1.37 bits per heavy atom. The van der Waals surface area contributed by atoms with Crippen molar-refractivity contribution in [3.8, 4) is 5.69 Å². The van der Waals surface area contributed by atoms with Crippen molar-refractivity contribution >= 4 is 5.97 Å². The molecule has 1 aromatic heterocycles. The Morgan fingerprint density at radius 3 is 2.47 bits per heavy atom. The standard InChI is InChI=1S/C13H13FN2O3/c1-7(2)11-10(13(18)19)12(17)16(15-11)9-6-4-3-5-8(9)14/h3-7,15H,1-2H3,(H,18,19). The van der Waals surface area contributed by atoms with Crippen LogP contribution in [0.5, 0.6) is 0 Å². The highest BCUT2D eigenvalue weighted by Crippen LogP contribution is 2.17. The number of aromatic amines is 1. The van der Waals surface area contributed by atoms with Crippen molar-refractivity contribution in [1.82, 2.24) is 9.78 Å². The summed E-state index contributed by atoms with van der Waals surface area (Å²) < 4.78 is 14.6. The molecule has 2 rings (SSSR count). The van der Waals surface area contributed by atoms with Crippen molar-refractivity contribution in [2.24, 2.45) is 0 Å². The van der Waals surface area contributed by atoms with E-state index in [4.69, 9.17) is 5.11 Å². The van der Waals surface area contributed by atoms with Crippen molar-refractivity contribution in [3.63, 3.8) is 0 Å². The highest BCUT2D eigenvalue weighted by atomic mass is 19.1. The number of rotatable bonds is 3. The summed E-state index contributed by atoms with van der Waals surface area (Å²) in [6.45, 7) is 3.51. The van der Waals surface area contributed by atoms with Crippen LogP contribution < -0.4 is 5.56 Å². The topological polar surface area (TPSA) is 75.1 Å². The van der Waals surface area contributed by atoms with E-state index in [1.807, 2.05) is 0 Å². The molecule has 0 fully saturated rings. The summed E-state index contributed by atoms with van der Waals surface area (Å²) >= 11 is 0. The van der Waals surface area contributed by atoms with Crippen molar-refractivity contribution in [1.29, 1.82) is 0 Å². The molecule has 2 aromatic rings. The lowest BCUT2D eigenvalue weighted by Gasteiger charge is -2.04. The average Bonchev–Trinajstić information content (AvgIpc) is 2.68. The summed E-state index contributed by atoms with van der Waals surface area (Å²) in [5, 5.41) is 11.8. The molecule has 1 heterocycles. The Balaban J connectivity index is 2.74. The summed E-state index contributed by atoms with van der Waals surface area (Å²) in [7, 11) is 0. The van der Waals surface area contributed by atoms with Crippen LogP contribution in [-0.2, 0) is 0 Å². The number of aromatic nitrogens is 2. The van der Waals surface area contributed by atoms with Gasteiger partial charge in [0, 0.05) is 0 Å². The van der Waals surface area contributed by atoms with E-state index < -0.39 is 17.3 Å².